The van der Waals surface area contributed by atoms with E-state index in [4.69, 9.17) is 23.2 Å². The Hall–Kier alpha value is -2.43. The SMILES string of the molecule is CC(CNS(=O)(=O)c1ccc(CN(Cc2cccc(Cl)c2)C(=O)C(=O)O)s1)c1ccc(Cl)cc1. The van der Waals surface area contributed by atoms with E-state index < -0.39 is 21.9 Å². The number of carbonyl (C=O) groups is 2. The van der Waals surface area contributed by atoms with E-state index in [1.807, 2.05) is 19.1 Å². The summed E-state index contributed by atoms with van der Waals surface area (Å²) < 4.78 is 28.2. The van der Waals surface area contributed by atoms with Crippen molar-refractivity contribution in [2.45, 2.75) is 30.1 Å². The molecule has 2 N–H and O–H groups in total. The number of amides is 1. The van der Waals surface area contributed by atoms with Gasteiger partial charge in [0.05, 0.1) is 6.54 Å². The summed E-state index contributed by atoms with van der Waals surface area (Å²) in [4.78, 5) is 25.2. The highest BCUT2D eigenvalue weighted by atomic mass is 35.5. The third-order valence-electron chi connectivity index (χ3n) is 5.00. The van der Waals surface area contributed by atoms with Crippen LogP contribution < -0.4 is 4.72 Å². The quantitative estimate of drug-likeness (QED) is 0.381. The maximum atomic E-state index is 12.8. The predicted octanol–water partition coefficient (Wildman–Crippen LogP) is 4.75. The molecule has 0 aliphatic carbocycles. The second-order valence-corrected chi connectivity index (χ2v) is 11.7. The first kappa shape index (κ1) is 26.2. The summed E-state index contributed by atoms with van der Waals surface area (Å²) in [5.74, 6) is -2.76. The Kier molecular flexibility index (Phi) is 8.72. The number of nitrogens with one attached hydrogen (secondary N) is 1. The zero-order chi connectivity index (χ0) is 24.9. The summed E-state index contributed by atoms with van der Waals surface area (Å²) in [6, 6.07) is 16.9. The van der Waals surface area contributed by atoms with E-state index in [9.17, 15) is 23.1 Å². The molecular weight excluding hydrogens is 519 g/mol. The minimum atomic E-state index is -3.78. The average molecular weight is 541 g/mol. The second kappa shape index (κ2) is 11.3. The van der Waals surface area contributed by atoms with Gasteiger partial charge >= 0.3 is 11.9 Å². The normalized spacial score (nSPS) is 12.3. The molecule has 34 heavy (non-hydrogen) atoms. The average Bonchev–Trinajstić information content (AvgIpc) is 3.27. The van der Waals surface area contributed by atoms with Gasteiger partial charge in [-0.3, -0.25) is 4.79 Å². The molecule has 180 valence electrons. The van der Waals surface area contributed by atoms with Gasteiger partial charge in [-0.15, -0.1) is 11.3 Å². The van der Waals surface area contributed by atoms with E-state index in [0.29, 0.717) is 20.5 Å². The maximum Gasteiger partial charge on any atom is 0.394 e. The van der Waals surface area contributed by atoms with Gasteiger partial charge < -0.3 is 10.0 Å². The van der Waals surface area contributed by atoms with E-state index >= 15 is 0 Å². The molecule has 11 heteroatoms. The summed E-state index contributed by atoms with van der Waals surface area (Å²) >= 11 is 12.9. The standard InChI is InChI=1S/C23H22Cl2N2O5S2/c1-15(17-5-7-18(24)8-6-17)12-26-34(31,32)21-10-9-20(33-21)14-27(22(28)23(29)30)13-16-3-2-4-19(25)11-16/h2-11,15,26H,12-14H2,1H3,(H,29,30). The van der Waals surface area contributed by atoms with Gasteiger partial charge in [-0.25, -0.2) is 17.9 Å². The molecule has 0 radical (unpaired) electrons. The van der Waals surface area contributed by atoms with Crippen molar-refractivity contribution in [3.05, 3.63) is 86.7 Å². The number of rotatable bonds is 9. The third-order valence-corrected chi connectivity index (χ3v) is 8.47. The van der Waals surface area contributed by atoms with Gasteiger partial charge in [-0.2, -0.15) is 0 Å². The van der Waals surface area contributed by atoms with Crippen LogP contribution in [0.1, 0.15) is 28.8 Å². The van der Waals surface area contributed by atoms with Crippen molar-refractivity contribution in [1.29, 1.82) is 0 Å². The molecule has 2 aromatic carbocycles. The van der Waals surface area contributed by atoms with E-state index in [2.05, 4.69) is 4.72 Å². The zero-order valence-corrected chi connectivity index (χ0v) is 21.2. The fraction of sp³-hybridized carbons (Fsp3) is 0.217. The van der Waals surface area contributed by atoms with Crippen LogP contribution in [0.4, 0.5) is 0 Å². The molecular formula is C23H22Cl2N2O5S2. The van der Waals surface area contributed by atoms with Crippen molar-refractivity contribution in [2.24, 2.45) is 0 Å². The molecule has 3 aromatic rings. The number of carboxylic acid groups (broad SMARTS) is 1. The van der Waals surface area contributed by atoms with Crippen LogP contribution >= 0.6 is 34.5 Å². The van der Waals surface area contributed by atoms with Crippen LogP contribution in [0.15, 0.2) is 64.9 Å². The van der Waals surface area contributed by atoms with Gasteiger partial charge in [0.25, 0.3) is 0 Å². The molecule has 3 rings (SSSR count). The zero-order valence-electron chi connectivity index (χ0n) is 18.1. The summed E-state index contributed by atoms with van der Waals surface area (Å²) in [7, 11) is -3.78. The van der Waals surface area contributed by atoms with Crippen LogP contribution in [0.5, 0.6) is 0 Å². The predicted molar refractivity (Wildman–Crippen MR) is 133 cm³/mol. The number of carbonyl (C=O) groups excluding carboxylic acids is 1. The van der Waals surface area contributed by atoms with Crippen molar-refractivity contribution in [3.63, 3.8) is 0 Å². The van der Waals surface area contributed by atoms with E-state index in [-0.39, 0.29) is 29.8 Å². The molecule has 0 bridgehead atoms. The number of thiophene rings is 1. The topological polar surface area (TPSA) is 104 Å². The van der Waals surface area contributed by atoms with Crippen LogP contribution in [0.2, 0.25) is 10.0 Å². The van der Waals surface area contributed by atoms with Crippen LogP contribution in [0, 0.1) is 0 Å². The lowest BCUT2D eigenvalue weighted by atomic mass is 10.0. The highest BCUT2D eigenvalue weighted by molar-refractivity contribution is 7.91. The molecule has 0 spiro atoms. The van der Waals surface area contributed by atoms with Crippen LogP contribution in [0.25, 0.3) is 0 Å². The van der Waals surface area contributed by atoms with Crippen molar-refractivity contribution >= 4 is 56.4 Å². The lowest BCUT2D eigenvalue weighted by molar-refractivity contribution is -0.156. The Bertz CT molecular complexity index is 1280. The Morgan fingerprint density at radius 1 is 1.03 bits per heavy atom. The van der Waals surface area contributed by atoms with Crippen molar-refractivity contribution in [2.75, 3.05) is 6.54 Å². The Morgan fingerprint density at radius 3 is 2.38 bits per heavy atom. The number of hydrogen-bond donors (Lipinski definition) is 2. The highest BCUT2D eigenvalue weighted by Gasteiger charge is 2.24. The second-order valence-electron chi connectivity index (χ2n) is 7.62. The number of hydrogen-bond acceptors (Lipinski definition) is 5. The summed E-state index contributed by atoms with van der Waals surface area (Å²) in [5, 5.41) is 10.3. The molecule has 1 aromatic heterocycles. The molecule has 1 amide bonds. The van der Waals surface area contributed by atoms with Gasteiger partial charge in [0.15, 0.2) is 0 Å². The van der Waals surface area contributed by atoms with E-state index in [0.717, 1.165) is 21.8 Å². The lowest BCUT2D eigenvalue weighted by Crippen LogP contribution is -2.35. The summed E-state index contributed by atoms with van der Waals surface area (Å²) in [6.45, 7) is 2.05. The summed E-state index contributed by atoms with van der Waals surface area (Å²) in [5.41, 5.74) is 1.60. The van der Waals surface area contributed by atoms with Gasteiger partial charge in [-0.1, -0.05) is 54.4 Å². The Balaban J connectivity index is 1.70. The number of benzene rings is 2. The Labute approximate surface area is 212 Å². The van der Waals surface area contributed by atoms with Crippen LogP contribution in [0.3, 0.4) is 0 Å². The molecule has 0 aliphatic heterocycles. The molecule has 0 fully saturated rings. The van der Waals surface area contributed by atoms with Crippen LogP contribution in [-0.4, -0.2) is 36.8 Å². The number of halogens is 2. The van der Waals surface area contributed by atoms with Crippen molar-refractivity contribution in [1.82, 2.24) is 9.62 Å². The molecule has 1 heterocycles. The number of aliphatic carboxylic acids is 1. The maximum absolute atomic E-state index is 12.8. The molecule has 7 nitrogen and oxygen atoms in total. The molecule has 1 unspecified atom stereocenters. The van der Waals surface area contributed by atoms with Crippen molar-refractivity contribution < 1.29 is 23.1 Å². The van der Waals surface area contributed by atoms with Crippen LogP contribution in [-0.2, 0) is 32.7 Å². The third kappa shape index (κ3) is 7.04. The summed E-state index contributed by atoms with van der Waals surface area (Å²) in [6.07, 6.45) is 0. The Morgan fingerprint density at radius 2 is 1.74 bits per heavy atom. The first-order valence-corrected chi connectivity index (χ1v) is 13.2. The first-order valence-electron chi connectivity index (χ1n) is 10.2. The molecule has 1 atom stereocenters. The van der Waals surface area contributed by atoms with E-state index in [1.54, 1.807) is 42.5 Å². The molecule has 0 saturated heterocycles. The van der Waals surface area contributed by atoms with Gasteiger partial charge in [0.2, 0.25) is 10.0 Å². The van der Waals surface area contributed by atoms with E-state index in [1.165, 1.54) is 6.07 Å². The largest absolute Gasteiger partial charge is 0.474 e. The minimum Gasteiger partial charge on any atom is -0.474 e. The number of carboxylic acids is 1. The minimum absolute atomic E-state index is 0.0164. The highest BCUT2D eigenvalue weighted by Crippen LogP contribution is 2.25. The fourth-order valence-electron chi connectivity index (χ4n) is 3.18. The lowest BCUT2D eigenvalue weighted by Gasteiger charge is -2.20. The number of nitrogens with zero attached hydrogens (tertiary/aromatic N) is 1. The molecule has 0 aliphatic rings. The monoisotopic (exact) mass is 540 g/mol. The molecule has 0 saturated carbocycles. The smallest absolute Gasteiger partial charge is 0.394 e. The van der Waals surface area contributed by atoms with Gasteiger partial charge in [0.1, 0.15) is 4.21 Å². The first-order chi connectivity index (χ1) is 16.0. The fourth-order valence-corrected chi connectivity index (χ4v) is 6.07. The van der Waals surface area contributed by atoms with Crippen molar-refractivity contribution in [3.8, 4) is 0 Å². The van der Waals surface area contributed by atoms with Gasteiger partial charge in [-0.05, 0) is 53.4 Å². The number of sulfonamides is 1. The van der Waals surface area contributed by atoms with Gasteiger partial charge in [0, 0.05) is 28.0 Å².